The molecule has 4 heterocycles. The molecule has 3 aromatic heterocycles. The molecule has 1 saturated heterocycles. The van der Waals surface area contributed by atoms with Crippen LogP contribution in [0, 0.1) is 0 Å². The Labute approximate surface area is 294 Å². The number of hydrogen-bond acceptors (Lipinski definition) is 8. The van der Waals surface area contributed by atoms with Gasteiger partial charge in [-0.3, -0.25) is 14.0 Å². The molecule has 2 atom stereocenters. The molecule has 1 fully saturated rings. The minimum atomic E-state index is -0.133. The van der Waals surface area contributed by atoms with Crippen LogP contribution in [0.15, 0.2) is 77.9 Å². The van der Waals surface area contributed by atoms with Crippen LogP contribution in [0.4, 0.5) is 0 Å². The van der Waals surface area contributed by atoms with Gasteiger partial charge in [0.1, 0.15) is 5.65 Å². The van der Waals surface area contributed by atoms with Gasteiger partial charge in [0.25, 0.3) is 5.56 Å². The predicted molar refractivity (Wildman–Crippen MR) is 193 cm³/mol. The van der Waals surface area contributed by atoms with Crippen molar-refractivity contribution in [2.24, 2.45) is 0 Å². The molecule has 1 aliphatic rings. The molecular weight excluding hydrogens is 663 g/mol. The van der Waals surface area contributed by atoms with Gasteiger partial charge in [0.2, 0.25) is 11.8 Å². The van der Waals surface area contributed by atoms with Crippen LogP contribution in [0.1, 0.15) is 30.9 Å². The Balaban J connectivity index is 1.24. The number of nitrogens with zero attached hydrogens (tertiary/aromatic N) is 3. The van der Waals surface area contributed by atoms with Gasteiger partial charge >= 0.3 is 0 Å². The van der Waals surface area contributed by atoms with Crippen molar-refractivity contribution in [1.82, 2.24) is 30.3 Å². The van der Waals surface area contributed by atoms with Crippen LogP contribution in [-0.4, -0.2) is 59.7 Å². The number of rotatable bonds is 13. The minimum Gasteiger partial charge on any atom is -0.481 e. The van der Waals surface area contributed by atoms with Crippen molar-refractivity contribution in [3.05, 3.63) is 105 Å². The molecule has 0 spiro atoms. The zero-order valence-corrected chi connectivity index (χ0v) is 29.1. The summed E-state index contributed by atoms with van der Waals surface area (Å²) in [5, 5.41) is 10.6. The van der Waals surface area contributed by atoms with E-state index < -0.39 is 0 Å². The van der Waals surface area contributed by atoms with Gasteiger partial charge in [0, 0.05) is 91.5 Å². The first kappa shape index (κ1) is 34.5. The van der Waals surface area contributed by atoms with Crippen LogP contribution in [0.25, 0.3) is 39.2 Å². The van der Waals surface area contributed by atoms with Gasteiger partial charge < -0.3 is 25.4 Å². The fourth-order valence-corrected chi connectivity index (χ4v) is 6.60. The van der Waals surface area contributed by atoms with Gasteiger partial charge in [-0.15, -0.1) is 0 Å². The number of carbonyl (C=O) groups excluding carboxylic acids is 1. The molecule has 12 heteroatoms. The van der Waals surface area contributed by atoms with E-state index in [0.717, 1.165) is 39.8 Å². The van der Waals surface area contributed by atoms with Crippen LogP contribution in [0.5, 0.6) is 5.88 Å². The maximum atomic E-state index is 13.2. The number of carbonyl (C=O) groups is 1. The molecule has 2 aromatic carbocycles. The van der Waals surface area contributed by atoms with E-state index in [-0.39, 0.29) is 23.6 Å². The number of fused-ring (bicyclic) bond motifs is 1. The summed E-state index contributed by atoms with van der Waals surface area (Å²) in [5.41, 5.74) is 6.36. The van der Waals surface area contributed by atoms with Crippen molar-refractivity contribution in [3.8, 4) is 39.4 Å². The van der Waals surface area contributed by atoms with Crippen molar-refractivity contribution in [1.29, 1.82) is 0 Å². The summed E-state index contributed by atoms with van der Waals surface area (Å²) in [5.74, 6) is 0.591. The molecule has 1 aliphatic heterocycles. The standard InChI is InChI=1S/C37H38Cl2N6O4/c1-22(48-2)17-40-19-25-20-42-32-16-23(14-15-45(32)37(25)47)27-6-4-7-28(34(27)38)29-8-5-9-30(35(29)39)31-12-10-24(36(44-31)49-3)18-41-21-26-11-13-33(46)43-26/h4-10,12,14-16,20,22,26,40-41H,11,13,17-19,21H2,1-3H3,(H,43,46)/t22?,26-/m1/s1. The Morgan fingerprint density at radius 3 is 2.37 bits per heavy atom. The molecule has 6 rings (SSSR count). The highest BCUT2D eigenvalue weighted by molar-refractivity contribution is 6.39. The lowest BCUT2D eigenvalue weighted by atomic mass is 9.97. The molecule has 0 radical (unpaired) electrons. The van der Waals surface area contributed by atoms with Crippen molar-refractivity contribution in [2.75, 3.05) is 27.3 Å². The molecule has 0 aliphatic carbocycles. The topological polar surface area (TPSA) is 119 Å². The third-order valence-corrected chi connectivity index (χ3v) is 9.54. The maximum absolute atomic E-state index is 13.2. The molecule has 3 N–H and O–H groups in total. The monoisotopic (exact) mass is 700 g/mol. The number of methoxy groups -OCH3 is 2. The summed E-state index contributed by atoms with van der Waals surface area (Å²) in [6.45, 7) is 4.19. The Bertz CT molecular complexity index is 2050. The lowest BCUT2D eigenvalue weighted by Crippen LogP contribution is -2.35. The number of pyridine rings is 2. The highest BCUT2D eigenvalue weighted by Gasteiger charge is 2.21. The molecule has 0 bridgehead atoms. The quantitative estimate of drug-likeness (QED) is 0.139. The second-order valence-electron chi connectivity index (χ2n) is 12.0. The first-order valence-corrected chi connectivity index (χ1v) is 16.9. The van der Waals surface area contributed by atoms with E-state index in [1.807, 2.05) is 67.6 Å². The molecular formula is C37H38Cl2N6O4. The summed E-state index contributed by atoms with van der Waals surface area (Å²) >= 11 is 14.2. The van der Waals surface area contributed by atoms with E-state index >= 15 is 0 Å². The largest absolute Gasteiger partial charge is 0.481 e. The summed E-state index contributed by atoms with van der Waals surface area (Å²) < 4.78 is 12.4. The Hall–Kier alpha value is -4.32. The number of aromatic nitrogens is 3. The second kappa shape index (κ2) is 15.5. The van der Waals surface area contributed by atoms with Crippen molar-refractivity contribution in [3.63, 3.8) is 0 Å². The van der Waals surface area contributed by atoms with Gasteiger partial charge in [-0.05, 0) is 37.1 Å². The van der Waals surface area contributed by atoms with Crippen molar-refractivity contribution < 1.29 is 14.3 Å². The van der Waals surface area contributed by atoms with Crippen LogP contribution in [0.2, 0.25) is 10.0 Å². The van der Waals surface area contributed by atoms with E-state index in [0.29, 0.717) is 65.4 Å². The van der Waals surface area contributed by atoms with Crippen molar-refractivity contribution in [2.45, 2.75) is 45.0 Å². The summed E-state index contributed by atoms with van der Waals surface area (Å²) in [6, 6.07) is 19.3. The molecule has 49 heavy (non-hydrogen) atoms. The number of amides is 1. The van der Waals surface area contributed by atoms with Crippen LogP contribution in [0.3, 0.4) is 0 Å². The highest BCUT2D eigenvalue weighted by atomic mass is 35.5. The van der Waals surface area contributed by atoms with E-state index in [1.165, 1.54) is 4.40 Å². The number of ether oxygens (including phenoxy) is 2. The van der Waals surface area contributed by atoms with Crippen LogP contribution >= 0.6 is 23.2 Å². The Morgan fingerprint density at radius 1 is 0.939 bits per heavy atom. The zero-order valence-electron chi connectivity index (χ0n) is 27.6. The molecule has 1 unspecified atom stereocenters. The third kappa shape index (κ3) is 7.64. The van der Waals surface area contributed by atoms with Gasteiger partial charge in [-0.1, -0.05) is 65.7 Å². The molecule has 1 amide bonds. The average Bonchev–Trinajstić information content (AvgIpc) is 3.54. The van der Waals surface area contributed by atoms with E-state index in [1.54, 1.807) is 26.6 Å². The minimum absolute atomic E-state index is 0.0381. The first-order chi connectivity index (χ1) is 23.8. The second-order valence-corrected chi connectivity index (χ2v) is 12.8. The molecule has 254 valence electrons. The maximum Gasteiger partial charge on any atom is 0.262 e. The smallest absolute Gasteiger partial charge is 0.262 e. The normalized spacial score (nSPS) is 15.0. The van der Waals surface area contributed by atoms with Crippen LogP contribution < -0.4 is 26.2 Å². The highest BCUT2D eigenvalue weighted by Crippen LogP contribution is 2.42. The first-order valence-electron chi connectivity index (χ1n) is 16.1. The van der Waals surface area contributed by atoms with E-state index in [4.69, 9.17) is 37.7 Å². The molecule has 10 nitrogen and oxygen atoms in total. The third-order valence-electron chi connectivity index (χ3n) is 8.73. The SMILES string of the molecule is COc1nc(-c2cccc(-c3cccc(-c4ccn5c(=O)c(CNCC(C)OC)cnc5c4)c3Cl)c2Cl)ccc1CNC[C@H]1CCC(=O)N1. The number of benzene rings is 2. The van der Waals surface area contributed by atoms with E-state index in [9.17, 15) is 9.59 Å². The Morgan fingerprint density at radius 2 is 1.65 bits per heavy atom. The van der Waals surface area contributed by atoms with Crippen molar-refractivity contribution >= 4 is 34.8 Å². The summed E-state index contributed by atoms with van der Waals surface area (Å²) in [4.78, 5) is 34.0. The number of halogens is 2. The number of hydrogen-bond donors (Lipinski definition) is 3. The fraction of sp³-hybridized carbons (Fsp3) is 0.297. The summed E-state index contributed by atoms with van der Waals surface area (Å²) in [6.07, 6.45) is 4.77. The fourth-order valence-electron chi connectivity index (χ4n) is 5.94. The molecule has 0 saturated carbocycles. The zero-order chi connectivity index (χ0) is 34.5. The predicted octanol–water partition coefficient (Wildman–Crippen LogP) is 5.90. The lowest BCUT2D eigenvalue weighted by molar-refractivity contribution is -0.119. The summed E-state index contributed by atoms with van der Waals surface area (Å²) in [7, 11) is 3.25. The lowest BCUT2D eigenvalue weighted by Gasteiger charge is -2.16. The van der Waals surface area contributed by atoms with Gasteiger partial charge in [0.05, 0.1) is 29.0 Å². The average molecular weight is 702 g/mol. The van der Waals surface area contributed by atoms with Gasteiger partial charge in [-0.25, -0.2) is 9.97 Å². The van der Waals surface area contributed by atoms with Crippen LogP contribution in [-0.2, 0) is 22.6 Å². The van der Waals surface area contributed by atoms with Gasteiger partial charge in [0.15, 0.2) is 0 Å². The number of nitrogens with one attached hydrogen (secondary N) is 3. The Kier molecular flexibility index (Phi) is 10.9. The molecule has 5 aromatic rings. The van der Waals surface area contributed by atoms with Gasteiger partial charge in [-0.2, -0.15) is 0 Å². The van der Waals surface area contributed by atoms with E-state index in [2.05, 4.69) is 20.9 Å².